The van der Waals surface area contributed by atoms with Crippen molar-refractivity contribution in [1.29, 1.82) is 0 Å². The van der Waals surface area contributed by atoms with Gasteiger partial charge in [0.05, 0.1) is 16.8 Å². The maximum absolute atomic E-state index is 12.4. The van der Waals surface area contributed by atoms with Crippen molar-refractivity contribution in [1.82, 2.24) is 19.7 Å². The number of fused-ring (bicyclic) bond motifs is 1. The molecule has 2 aromatic carbocycles. The standard InChI is InChI=1S/C23H22ClN5OS2/c1-2-21(30)29(17-9-10-17)22-26-27-23(32-22)31-14-20-25-18-12-16(24)8-11-19(18)28(20)13-15-6-4-3-5-7-15/h3-8,11-12,17H,2,9-10,13-14H2,1H3. The van der Waals surface area contributed by atoms with Crippen LogP contribution in [0.2, 0.25) is 5.02 Å². The van der Waals surface area contributed by atoms with Gasteiger partial charge >= 0.3 is 0 Å². The molecule has 1 aliphatic rings. The Morgan fingerprint density at radius 1 is 1.22 bits per heavy atom. The third-order valence-electron chi connectivity index (χ3n) is 5.38. The molecular weight excluding hydrogens is 462 g/mol. The first-order valence-corrected chi connectivity index (χ1v) is 12.8. The number of halogens is 1. The van der Waals surface area contributed by atoms with Crippen LogP contribution in [0.5, 0.6) is 0 Å². The van der Waals surface area contributed by atoms with Crippen LogP contribution < -0.4 is 4.90 Å². The SMILES string of the molecule is CCC(=O)N(c1nnc(SCc2nc3cc(Cl)ccc3n2Cc2ccccc2)s1)C1CC1. The monoisotopic (exact) mass is 483 g/mol. The van der Waals surface area contributed by atoms with Gasteiger partial charge in [-0.15, -0.1) is 10.2 Å². The largest absolute Gasteiger partial charge is 0.323 e. The number of hydrogen-bond donors (Lipinski definition) is 0. The minimum Gasteiger partial charge on any atom is -0.323 e. The summed E-state index contributed by atoms with van der Waals surface area (Å²) in [7, 11) is 0. The van der Waals surface area contributed by atoms with Gasteiger partial charge in [0.2, 0.25) is 11.0 Å². The molecule has 164 valence electrons. The van der Waals surface area contributed by atoms with Gasteiger partial charge < -0.3 is 4.57 Å². The van der Waals surface area contributed by atoms with Gasteiger partial charge in [-0.3, -0.25) is 9.69 Å². The molecule has 0 N–H and O–H groups in total. The second kappa shape index (κ2) is 9.21. The van der Waals surface area contributed by atoms with E-state index in [1.807, 2.05) is 48.2 Å². The molecule has 0 bridgehead atoms. The number of carbonyl (C=O) groups is 1. The Labute approximate surface area is 199 Å². The van der Waals surface area contributed by atoms with Crippen LogP contribution in [0.3, 0.4) is 0 Å². The zero-order valence-electron chi connectivity index (χ0n) is 17.6. The third-order valence-corrected chi connectivity index (χ3v) is 7.67. The number of aromatic nitrogens is 4. The van der Waals surface area contributed by atoms with Crippen molar-refractivity contribution in [2.24, 2.45) is 0 Å². The van der Waals surface area contributed by atoms with Crippen molar-refractivity contribution in [3.05, 3.63) is 64.9 Å². The van der Waals surface area contributed by atoms with Crippen LogP contribution in [-0.2, 0) is 17.1 Å². The number of amides is 1. The van der Waals surface area contributed by atoms with Gasteiger partial charge in [0.25, 0.3) is 0 Å². The number of benzene rings is 2. The fraction of sp³-hybridized carbons (Fsp3) is 0.304. The molecule has 0 unspecified atom stereocenters. The van der Waals surface area contributed by atoms with E-state index in [0.717, 1.165) is 40.6 Å². The normalized spacial score (nSPS) is 13.6. The molecule has 0 atom stereocenters. The smallest absolute Gasteiger partial charge is 0.228 e. The number of anilines is 1. The van der Waals surface area contributed by atoms with E-state index in [9.17, 15) is 4.79 Å². The minimum absolute atomic E-state index is 0.113. The summed E-state index contributed by atoms with van der Waals surface area (Å²) in [5.41, 5.74) is 3.15. The molecule has 4 aromatic rings. The summed E-state index contributed by atoms with van der Waals surface area (Å²) in [6, 6.07) is 16.5. The third kappa shape index (κ3) is 4.53. The Hall–Kier alpha value is -2.42. The quantitative estimate of drug-likeness (QED) is 0.234. The van der Waals surface area contributed by atoms with Gasteiger partial charge in [-0.05, 0) is 36.6 Å². The molecule has 1 fully saturated rings. The summed E-state index contributed by atoms with van der Waals surface area (Å²) in [6.07, 6.45) is 2.56. The molecule has 6 nitrogen and oxygen atoms in total. The highest BCUT2D eigenvalue weighted by atomic mass is 35.5. The lowest BCUT2D eigenvalue weighted by Crippen LogP contribution is -2.32. The number of nitrogens with zero attached hydrogens (tertiary/aromatic N) is 5. The van der Waals surface area contributed by atoms with E-state index in [2.05, 4.69) is 26.9 Å². The zero-order chi connectivity index (χ0) is 22.1. The van der Waals surface area contributed by atoms with Crippen molar-refractivity contribution < 1.29 is 4.79 Å². The average molecular weight is 484 g/mol. The van der Waals surface area contributed by atoms with Crippen LogP contribution in [0.15, 0.2) is 52.9 Å². The van der Waals surface area contributed by atoms with E-state index < -0.39 is 0 Å². The highest BCUT2D eigenvalue weighted by Gasteiger charge is 2.35. The average Bonchev–Trinajstić information content (AvgIpc) is 3.43. The first-order chi connectivity index (χ1) is 15.6. The lowest BCUT2D eigenvalue weighted by Gasteiger charge is -2.17. The molecule has 2 aromatic heterocycles. The summed E-state index contributed by atoms with van der Waals surface area (Å²) >= 11 is 9.29. The van der Waals surface area contributed by atoms with Crippen LogP contribution in [0.1, 0.15) is 37.6 Å². The van der Waals surface area contributed by atoms with Gasteiger partial charge in [-0.1, -0.05) is 72.0 Å². The molecule has 9 heteroatoms. The van der Waals surface area contributed by atoms with Gasteiger partial charge in [0, 0.05) is 24.0 Å². The van der Waals surface area contributed by atoms with Gasteiger partial charge in [0.15, 0.2) is 4.34 Å². The molecule has 0 aliphatic heterocycles. The van der Waals surface area contributed by atoms with Crippen LogP contribution >= 0.6 is 34.7 Å². The second-order valence-corrected chi connectivity index (χ2v) is 10.3. The Bertz CT molecular complexity index is 1250. The summed E-state index contributed by atoms with van der Waals surface area (Å²) in [5, 5.41) is 10.0. The van der Waals surface area contributed by atoms with E-state index in [4.69, 9.17) is 16.6 Å². The topological polar surface area (TPSA) is 63.9 Å². The van der Waals surface area contributed by atoms with Crippen LogP contribution in [-0.4, -0.2) is 31.7 Å². The maximum atomic E-state index is 12.4. The van der Waals surface area contributed by atoms with Crippen molar-refractivity contribution >= 4 is 56.8 Å². The zero-order valence-corrected chi connectivity index (χ0v) is 20.0. The minimum atomic E-state index is 0.113. The highest BCUT2D eigenvalue weighted by molar-refractivity contribution is 8.00. The number of carbonyl (C=O) groups excluding carboxylic acids is 1. The Morgan fingerprint density at radius 2 is 2.03 bits per heavy atom. The summed E-state index contributed by atoms with van der Waals surface area (Å²) < 4.78 is 3.07. The first kappa shape index (κ1) is 21.4. The molecule has 32 heavy (non-hydrogen) atoms. The second-order valence-electron chi connectivity index (χ2n) is 7.72. The summed E-state index contributed by atoms with van der Waals surface area (Å²) in [6.45, 7) is 2.62. The van der Waals surface area contributed by atoms with Crippen molar-refractivity contribution in [2.45, 2.75) is 48.9 Å². The van der Waals surface area contributed by atoms with E-state index in [1.54, 1.807) is 11.8 Å². The summed E-state index contributed by atoms with van der Waals surface area (Å²) in [5.74, 6) is 1.72. The van der Waals surface area contributed by atoms with Crippen LogP contribution in [0, 0.1) is 0 Å². The summed E-state index contributed by atoms with van der Waals surface area (Å²) in [4.78, 5) is 19.0. The van der Waals surface area contributed by atoms with Crippen molar-refractivity contribution in [3.63, 3.8) is 0 Å². The Morgan fingerprint density at radius 3 is 2.78 bits per heavy atom. The van der Waals surface area contributed by atoms with Gasteiger partial charge in [0.1, 0.15) is 5.82 Å². The molecule has 2 heterocycles. The Kier molecular flexibility index (Phi) is 6.17. The molecule has 0 saturated heterocycles. The van der Waals surface area contributed by atoms with Gasteiger partial charge in [-0.2, -0.15) is 0 Å². The van der Waals surface area contributed by atoms with E-state index in [1.165, 1.54) is 16.9 Å². The predicted molar refractivity (Wildman–Crippen MR) is 131 cm³/mol. The molecule has 1 saturated carbocycles. The number of thioether (sulfide) groups is 1. The maximum Gasteiger partial charge on any atom is 0.228 e. The van der Waals surface area contributed by atoms with Gasteiger partial charge in [-0.25, -0.2) is 4.98 Å². The lowest BCUT2D eigenvalue weighted by atomic mass is 10.2. The van der Waals surface area contributed by atoms with E-state index >= 15 is 0 Å². The predicted octanol–water partition coefficient (Wildman–Crippen LogP) is 5.79. The number of imidazole rings is 1. The molecular formula is C23H22ClN5OS2. The van der Waals surface area contributed by atoms with Crippen molar-refractivity contribution in [3.8, 4) is 0 Å². The van der Waals surface area contributed by atoms with Crippen LogP contribution in [0.25, 0.3) is 11.0 Å². The highest BCUT2D eigenvalue weighted by Crippen LogP contribution is 2.37. The van der Waals surface area contributed by atoms with Crippen LogP contribution in [0.4, 0.5) is 5.13 Å². The fourth-order valence-electron chi connectivity index (χ4n) is 3.66. The lowest BCUT2D eigenvalue weighted by molar-refractivity contribution is -0.118. The fourth-order valence-corrected chi connectivity index (χ4v) is 5.70. The molecule has 0 radical (unpaired) electrons. The van der Waals surface area contributed by atoms with Crippen molar-refractivity contribution in [2.75, 3.05) is 4.90 Å². The molecule has 0 spiro atoms. The van der Waals surface area contributed by atoms with E-state index in [-0.39, 0.29) is 11.9 Å². The molecule has 1 aliphatic carbocycles. The Balaban J connectivity index is 1.39. The van der Waals surface area contributed by atoms with E-state index in [0.29, 0.717) is 22.3 Å². The first-order valence-electron chi connectivity index (χ1n) is 10.6. The number of rotatable bonds is 8. The number of hydrogen-bond acceptors (Lipinski definition) is 6. The molecule has 5 rings (SSSR count). The molecule has 1 amide bonds.